The highest BCUT2D eigenvalue weighted by molar-refractivity contribution is 5.90. The predicted octanol–water partition coefficient (Wildman–Crippen LogP) is 4.88. The Bertz CT molecular complexity index is 851. The van der Waals surface area contributed by atoms with E-state index in [1.165, 1.54) is 12.1 Å². The molecule has 0 radical (unpaired) electrons. The molecule has 1 unspecified atom stereocenters. The predicted molar refractivity (Wildman–Crippen MR) is 107 cm³/mol. The summed E-state index contributed by atoms with van der Waals surface area (Å²) >= 11 is 0. The van der Waals surface area contributed by atoms with Crippen LogP contribution in [0.5, 0.6) is 0 Å². The highest BCUT2D eigenvalue weighted by atomic mass is 19.1. The first-order valence-corrected chi connectivity index (χ1v) is 8.99. The van der Waals surface area contributed by atoms with Crippen molar-refractivity contribution >= 4 is 11.6 Å². The summed E-state index contributed by atoms with van der Waals surface area (Å²) in [5.74, 6) is -0.283. The van der Waals surface area contributed by atoms with Crippen molar-refractivity contribution in [3.05, 3.63) is 102 Å². The molecule has 0 bridgehead atoms. The topological polar surface area (TPSA) is 32.3 Å². The monoisotopic (exact) mass is 362 g/mol. The molecule has 0 aliphatic carbocycles. The number of anilines is 1. The first-order valence-electron chi connectivity index (χ1n) is 8.99. The molecule has 0 aromatic heterocycles. The van der Waals surface area contributed by atoms with Gasteiger partial charge >= 0.3 is 0 Å². The number of benzene rings is 3. The van der Waals surface area contributed by atoms with Gasteiger partial charge in [0.05, 0.1) is 6.04 Å². The standard InChI is InChI=1S/C23H23FN2O/c1-26(17-16-22(27)25-21-10-6-3-7-11-21)23(18-8-4-2-5-9-18)19-12-14-20(24)15-13-19/h2-15,23H,16-17H2,1H3,(H,25,27). The number of carbonyl (C=O) groups is 1. The SMILES string of the molecule is CN(CCC(=O)Nc1ccccc1)C(c1ccccc1)c1ccc(F)cc1. The van der Waals surface area contributed by atoms with Crippen molar-refractivity contribution in [1.82, 2.24) is 4.90 Å². The molecule has 4 heteroatoms. The van der Waals surface area contributed by atoms with E-state index in [0.717, 1.165) is 16.8 Å². The van der Waals surface area contributed by atoms with Gasteiger partial charge in [-0.3, -0.25) is 9.69 Å². The van der Waals surface area contributed by atoms with Gasteiger partial charge in [-0.1, -0.05) is 60.7 Å². The highest BCUT2D eigenvalue weighted by Crippen LogP contribution is 2.27. The Hall–Kier alpha value is -2.98. The highest BCUT2D eigenvalue weighted by Gasteiger charge is 2.20. The Labute approximate surface area is 159 Å². The summed E-state index contributed by atoms with van der Waals surface area (Å²) in [4.78, 5) is 14.4. The van der Waals surface area contributed by atoms with E-state index in [0.29, 0.717) is 13.0 Å². The number of halogens is 1. The number of nitrogens with one attached hydrogen (secondary N) is 1. The van der Waals surface area contributed by atoms with Crippen molar-refractivity contribution in [2.45, 2.75) is 12.5 Å². The number of para-hydroxylation sites is 1. The molecule has 0 heterocycles. The van der Waals surface area contributed by atoms with Crippen LogP contribution in [0.3, 0.4) is 0 Å². The number of nitrogens with zero attached hydrogens (tertiary/aromatic N) is 1. The van der Waals surface area contributed by atoms with E-state index in [4.69, 9.17) is 0 Å². The summed E-state index contributed by atoms with van der Waals surface area (Å²) in [6.45, 7) is 0.579. The molecule has 0 saturated heterocycles. The minimum atomic E-state index is -0.254. The van der Waals surface area contributed by atoms with E-state index in [9.17, 15) is 9.18 Å². The van der Waals surface area contributed by atoms with Crippen molar-refractivity contribution in [3.8, 4) is 0 Å². The third kappa shape index (κ3) is 5.25. The third-order valence-electron chi connectivity index (χ3n) is 4.49. The molecule has 1 atom stereocenters. The minimum absolute atomic E-state index is 0.0287. The van der Waals surface area contributed by atoms with Crippen molar-refractivity contribution in [2.75, 3.05) is 18.9 Å². The van der Waals surface area contributed by atoms with Crippen LogP contribution in [0.4, 0.5) is 10.1 Å². The molecule has 3 rings (SSSR count). The van der Waals surface area contributed by atoms with Gasteiger partial charge in [0.1, 0.15) is 5.82 Å². The van der Waals surface area contributed by atoms with Crippen LogP contribution in [0.2, 0.25) is 0 Å². The Morgan fingerprint density at radius 3 is 2.07 bits per heavy atom. The van der Waals surface area contributed by atoms with E-state index in [2.05, 4.69) is 22.3 Å². The molecule has 1 N–H and O–H groups in total. The summed E-state index contributed by atoms with van der Waals surface area (Å²) in [5.41, 5.74) is 2.90. The summed E-state index contributed by atoms with van der Waals surface area (Å²) in [6, 6.07) is 26.0. The lowest BCUT2D eigenvalue weighted by Gasteiger charge is -2.29. The zero-order valence-corrected chi connectivity index (χ0v) is 15.3. The lowest BCUT2D eigenvalue weighted by Crippen LogP contribution is -2.29. The smallest absolute Gasteiger partial charge is 0.225 e. The summed E-state index contributed by atoms with van der Waals surface area (Å²) in [5, 5.41) is 2.91. The van der Waals surface area contributed by atoms with Crippen molar-refractivity contribution < 1.29 is 9.18 Å². The molecule has 0 aliphatic rings. The molecule has 0 spiro atoms. The average Bonchev–Trinajstić information content (AvgIpc) is 2.70. The summed E-state index contributed by atoms with van der Waals surface area (Å²) in [6.07, 6.45) is 0.371. The van der Waals surface area contributed by atoms with Crippen LogP contribution in [-0.4, -0.2) is 24.4 Å². The van der Waals surface area contributed by atoms with Gasteiger partial charge in [0.2, 0.25) is 5.91 Å². The normalized spacial score (nSPS) is 12.0. The van der Waals surface area contributed by atoms with Crippen LogP contribution in [-0.2, 0) is 4.79 Å². The molecule has 0 saturated carbocycles. The fourth-order valence-electron chi connectivity index (χ4n) is 3.13. The minimum Gasteiger partial charge on any atom is -0.326 e. The maximum Gasteiger partial charge on any atom is 0.225 e. The van der Waals surface area contributed by atoms with Gasteiger partial charge in [-0.25, -0.2) is 4.39 Å². The largest absolute Gasteiger partial charge is 0.326 e. The van der Waals surface area contributed by atoms with E-state index in [1.54, 1.807) is 12.1 Å². The Balaban J connectivity index is 1.70. The van der Waals surface area contributed by atoms with Crippen LogP contribution < -0.4 is 5.32 Å². The van der Waals surface area contributed by atoms with Crippen LogP contribution in [0.25, 0.3) is 0 Å². The van der Waals surface area contributed by atoms with Crippen LogP contribution in [0.15, 0.2) is 84.9 Å². The maximum absolute atomic E-state index is 13.3. The average molecular weight is 362 g/mol. The van der Waals surface area contributed by atoms with Crippen molar-refractivity contribution in [1.29, 1.82) is 0 Å². The molecule has 3 aromatic carbocycles. The van der Waals surface area contributed by atoms with Crippen molar-refractivity contribution in [2.24, 2.45) is 0 Å². The number of amides is 1. The second kappa shape index (κ2) is 9.10. The molecule has 3 nitrogen and oxygen atoms in total. The Morgan fingerprint density at radius 1 is 0.889 bits per heavy atom. The first kappa shape index (κ1) is 18.8. The van der Waals surface area contributed by atoms with Gasteiger partial charge in [-0.15, -0.1) is 0 Å². The van der Waals surface area contributed by atoms with Crippen molar-refractivity contribution in [3.63, 3.8) is 0 Å². The summed E-state index contributed by atoms with van der Waals surface area (Å²) < 4.78 is 13.3. The maximum atomic E-state index is 13.3. The fourth-order valence-corrected chi connectivity index (χ4v) is 3.13. The van der Waals surface area contributed by atoms with Crippen LogP contribution in [0, 0.1) is 5.82 Å². The third-order valence-corrected chi connectivity index (χ3v) is 4.49. The number of hydrogen-bond donors (Lipinski definition) is 1. The van der Waals surface area contributed by atoms with E-state index < -0.39 is 0 Å². The molecule has 1 amide bonds. The van der Waals surface area contributed by atoms with E-state index in [1.807, 2.05) is 55.6 Å². The second-order valence-corrected chi connectivity index (χ2v) is 6.51. The lowest BCUT2D eigenvalue weighted by molar-refractivity contribution is -0.116. The molecule has 138 valence electrons. The molecular weight excluding hydrogens is 339 g/mol. The van der Waals surface area contributed by atoms with E-state index >= 15 is 0 Å². The number of rotatable bonds is 7. The molecular formula is C23H23FN2O. The summed E-state index contributed by atoms with van der Waals surface area (Å²) in [7, 11) is 1.98. The van der Waals surface area contributed by atoms with Gasteiger partial charge in [0.15, 0.2) is 0 Å². The quantitative estimate of drug-likeness (QED) is 0.650. The van der Waals surface area contributed by atoms with Gasteiger partial charge in [0.25, 0.3) is 0 Å². The van der Waals surface area contributed by atoms with Gasteiger partial charge in [-0.05, 0) is 42.4 Å². The number of hydrogen-bond acceptors (Lipinski definition) is 2. The molecule has 3 aromatic rings. The van der Waals surface area contributed by atoms with Crippen LogP contribution >= 0.6 is 0 Å². The van der Waals surface area contributed by atoms with Gasteiger partial charge in [-0.2, -0.15) is 0 Å². The van der Waals surface area contributed by atoms with Crippen LogP contribution in [0.1, 0.15) is 23.6 Å². The van der Waals surface area contributed by atoms with Gasteiger partial charge < -0.3 is 5.32 Å². The first-order chi connectivity index (χ1) is 13.1. The van der Waals surface area contributed by atoms with E-state index in [-0.39, 0.29) is 17.8 Å². The number of carbonyl (C=O) groups excluding carboxylic acids is 1. The van der Waals surface area contributed by atoms with Gasteiger partial charge in [0, 0.05) is 18.7 Å². The second-order valence-electron chi connectivity index (χ2n) is 6.51. The molecule has 27 heavy (non-hydrogen) atoms. The lowest BCUT2D eigenvalue weighted by atomic mass is 9.97. The Morgan fingerprint density at radius 2 is 1.44 bits per heavy atom. The fraction of sp³-hybridized carbons (Fsp3) is 0.174. The zero-order chi connectivity index (χ0) is 19.1. The zero-order valence-electron chi connectivity index (χ0n) is 15.3. The molecule has 0 aliphatic heterocycles. The molecule has 0 fully saturated rings. The Kier molecular flexibility index (Phi) is 6.34.